The Morgan fingerprint density at radius 1 is 1.17 bits per heavy atom. The molecule has 154 valence electrons. The van der Waals surface area contributed by atoms with Crippen molar-refractivity contribution in [1.29, 1.82) is 0 Å². The molecule has 3 rings (SSSR count). The Balaban J connectivity index is 2.50. The lowest BCUT2D eigenvalue weighted by Gasteiger charge is -2.26. The fourth-order valence-corrected chi connectivity index (χ4v) is 5.07. The van der Waals surface area contributed by atoms with Gasteiger partial charge in [-0.1, -0.05) is 18.2 Å². The smallest absolute Gasteiger partial charge is 0.316 e. The molecule has 0 bridgehead atoms. The molecule has 0 aliphatic heterocycles. The molecule has 0 saturated carbocycles. The van der Waals surface area contributed by atoms with Gasteiger partial charge in [-0.15, -0.1) is 0 Å². The number of aromatic nitrogens is 2. The molecule has 1 N–H and O–H groups in total. The molecular formula is C18H20N3O7P. The fourth-order valence-electron chi connectivity index (χ4n) is 3.34. The fraction of sp³-hybridized carbons (Fsp3) is 0.333. The first-order valence-corrected chi connectivity index (χ1v) is 10.6. The highest BCUT2D eigenvalue weighted by Crippen LogP contribution is 2.58. The average molecular weight is 421 g/mol. The largest absolute Gasteiger partial charge is 0.353 e. The van der Waals surface area contributed by atoms with Gasteiger partial charge >= 0.3 is 18.7 Å². The number of nitrogens with zero attached hydrogens (tertiary/aromatic N) is 2. The second kappa shape index (κ2) is 7.90. The molecule has 29 heavy (non-hydrogen) atoms. The highest BCUT2D eigenvalue weighted by Gasteiger charge is 2.36. The van der Waals surface area contributed by atoms with Gasteiger partial charge in [-0.05, 0) is 26.8 Å². The van der Waals surface area contributed by atoms with Crippen molar-refractivity contribution >= 4 is 35.1 Å². The van der Waals surface area contributed by atoms with E-state index in [0.717, 1.165) is 4.57 Å². The highest BCUT2D eigenvalue weighted by molar-refractivity contribution is 7.53. The summed E-state index contributed by atoms with van der Waals surface area (Å²) in [5, 5.41) is 12.2. The molecular weight excluding hydrogens is 401 g/mol. The van der Waals surface area contributed by atoms with Gasteiger partial charge in [0.05, 0.1) is 34.6 Å². The molecule has 1 aromatic heterocycles. The van der Waals surface area contributed by atoms with E-state index in [9.17, 15) is 24.3 Å². The number of benzene rings is 2. The van der Waals surface area contributed by atoms with Crippen molar-refractivity contribution < 1.29 is 18.5 Å². The molecule has 0 saturated heterocycles. The van der Waals surface area contributed by atoms with Gasteiger partial charge < -0.3 is 14.0 Å². The van der Waals surface area contributed by atoms with E-state index in [1.807, 2.05) is 0 Å². The monoisotopic (exact) mass is 421 g/mol. The Bertz CT molecular complexity index is 1250. The molecule has 1 heterocycles. The number of hydrogen-bond acceptors (Lipinski definition) is 7. The predicted octanol–water partition coefficient (Wildman–Crippen LogP) is 3.54. The van der Waals surface area contributed by atoms with Crippen LogP contribution in [0.4, 0.5) is 5.69 Å². The summed E-state index contributed by atoms with van der Waals surface area (Å²) in [5.41, 5.74) is -1.88. The van der Waals surface area contributed by atoms with E-state index in [2.05, 4.69) is 4.98 Å². The maximum Gasteiger partial charge on any atom is 0.353 e. The van der Waals surface area contributed by atoms with Crippen LogP contribution < -0.4 is 11.1 Å². The van der Waals surface area contributed by atoms with E-state index in [-0.39, 0.29) is 35.3 Å². The van der Waals surface area contributed by atoms with Crippen molar-refractivity contribution in [3.8, 4) is 0 Å². The summed E-state index contributed by atoms with van der Waals surface area (Å²) in [5.74, 6) is -1.13. The number of rotatable bonds is 7. The summed E-state index contributed by atoms with van der Waals surface area (Å²) < 4.78 is 25.1. The van der Waals surface area contributed by atoms with Crippen molar-refractivity contribution in [2.75, 3.05) is 13.2 Å². The maximum absolute atomic E-state index is 13.3. The second-order valence-electron chi connectivity index (χ2n) is 6.23. The minimum Gasteiger partial charge on any atom is -0.316 e. The van der Waals surface area contributed by atoms with Gasteiger partial charge in [-0.25, -0.2) is 0 Å². The molecule has 10 nitrogen and oxygen atoms in total. The van der Waals surface area contributed by atoms with Gasteiger partial charge in [0.25, 0.3) is 5.69 Å². The molecule has 0 aliphatic carbocycles. The second-order valence-corrected chi connectivity index (χ2v) is 8.57. The topological polar surface area (TPSA) is 134 Å². The lowest BCUT2D eigenvalue weighted by Crippen LogP contribution is -2.38. The van der Waals surface area contributed by atoms with Gasteiger partial charge in [0.15, 0.2) is 0 Å². The van der Waals surface area contributed by atoms with E-state index >= 15 is 0 Å². The first-order valence-electron chi connectivity index (χ1n) is 8.98. The average Bonchev–Trinajstić information content (AvgIpc) is 2.68. The molecule has 11 heteroatoms. The molecule has 0 spiro atoms. The van der Waals surface area contributed by atoms with Crippen molar-refractivity contribution in [2.24, 2.45) is 0 Å². The Labute approximate surface area is 164 Å². The molecule has 1 atom stereocenters. The summed E-state index contributed by atoms with van der Waals surface area (Å²) in [6, 6.07) is 7.61. The van der Waals surface area contributed by atoms with Crippen molar-refractivity contribution in [2.45, 2.75) is 26.6 Å². The highest BCUT2D eigenvalue weighted by atomic mass is 31.2. The zero-order chi connectivity index (χ0) is 21.3. The van der Waals surface area contributed by atoms with Gasteiger partial charge in [0.1, 0.15) is 5.78 Å². The number of aromatic amines is 1. The third kappa shape index (κ3) is 3.50. The number of non-ortho nitro benzene ring substituents is 1. The van der Waals surface area contributed by atoms with Crippen molar-refractivity contribution in [1.82, 2.24) is 9.55 Å². The van der Waals surface area contributed by atoms with Crippen LogP contribution in [0.3, 0.4) is 0 Å². The van der Waals surface area contributed by atoms with Crippen LogP contribution in [-0.4, -0.2) is 27.7 Å². The van der Waals surface area contributed by atoms with E-state index < -0.39 is 29.4 Å². The zero-order valence-corrected chi connectivity index (χ0v) is 17.0. The van der Waals surface area contributed by atoms with Gasteiger partial charge in [-0.3, -0.25) is 28.8 Å². The third-order valence-corrected chi connectivity index (χ3v) is 6.92. The molecule has 0 radical (unpaired) electrons. The number of H-pyrrole nitrogens is 1. The van der Waals surface area contributed by atoms with Crippen LogP contribution in [0.5, 0.6) is 0 Å². The van der Waals surface area contributed by atoms with Crippen LogP contribution in [0.15, 0.2) is 39.9 Å². The van der Waals surface area contributed by atoms with Crippen LogP contribution in [0.25, 0.3) is 21.8 Å². The Kier molecular flexibility index (Phi) is 5.70. The summed E-state index contributed by atoms with van der Waals surface area (Å²) in [7, 11) is -3.82. The summed E-state index contributed by atoms with van der Waals surface area (Å²) in [4.78, 5) is 38.4. The minimum absolute atomic E-state index is 0.0731. The molecule has 0 aliphatic rings. The minimum atomic E-state index is -3.82. The van der Waals surface area contributed by atoms with Gasteiger partial charge in [0.2, 0.25) is 0 Å². The van der Waals surface area contributed by atoms with Crippen LogP contribution >= 0.6 is 7.60 Å². The quantitative estimate of drug-likeness (QED) is 0.203. The summed E-state index contributed by atoms with van der Waals surface area (Å²) >= 11 is 0. The summed E-state index contributed by atoms with van der Waals surface area (Å²) in [6.45, 7) is 4.88. The summed E-state index contributed by atoms with van der Waals surface area (Å²) in [6.07, 6.45) is 0. The molecule has 3 aromatic rings. The molecule has 0 amide bonds. The number of nitrogens with one attached hydrogen (secondary N) is 1. The number of nitro benzene ring substituents is 1. The van der Waals surface area contributed by atoms with Gasteiger partial charge in [0, 0.05) is 11.5 Å². The SMILES string of the molecule is CCOP(=O)(OCC)C(C)n1c(=O)c(=O)[nH]c2cc([N+](=O)[O-])c3ccccc3c21. The Hall–Kier alpha value is -2.81. The number of fused-ring (bicyclic) bond motifs is 3. The predicted molar refractivity (Wildman–Crippen MR) is 109 cm³/mol. The van der Waals surface area contributed by atoms with E-state index in [0.29, 0.717) is 5.39 Å². The number of nitro groups is 1. The first kappa shape index (κ1) is 20.9. The number of hydrogen-bond donors (Lipinski definition) is 1. The van der Waals surface area contributed by atoms with E-state index in [4.69, 9.17) is 9.05 Å². The molecule has 0 fully saturated rings. The van der Waals surface area contributed by atoms with Crippen molar-refractivity contribution in [3.05, 3.63) is 61.2 Å². The lowest BCUT2D eigenvalue weighted by atomic mass is 10.1. The molecule has 1 unspecified atom stereocenters. The van der Waals surface area contributed by atoms with Gasteiger partial charge in [-0.2, -0.15) is 0 Å². The van der Waals surface area contributed by atoms with Crippen molar-refractivity contribution in [3.63, 3.8) is 0 Å². The van der Waals surface area contributed by atoms with Crippen LogP contribution in [0, 0.1) is 10.1 Å². The van der Waals surface area contributed by atoms with Crippen LogP contribution in [-0.2, 0) is 13.6 Å². The molecule has 2 aromatic carbocycles. The van der Waals surface area contributed by atoms with E-state index in [1.54, 1.807) is 38.1 Å². The normalized spacial score (nSPS) is 13.1. The van der Waals surface area contributed by atoms with Crippen LogP contribution in [0.1, 0.15) is 26.6 Å². The lowest BCUT2D eigenvalue weighted by molar-refractivity contribution is -0.382. The zero-order valence-electron chi connectivity index (χ0n) is 16.1. The van der Waals surface area contributed by atoms with E-state index in [1.165, 1.54) is 13.0 Å². The van der Waals surface area contributed by atoms with Crippen LogP contribution in [0.2, 0.25) is 0 Å². The Morgan fingerprint density at radius 2 is 1.76 bits per heavy atom. The standard InChI is InChI=1S/C18H20N3O7P/c1-4-27-29(26,28-5-2)11(3)20-16-13-9-7-6-8-12(13)15(21(24)25)10-14(16)19-17(22)18(20)23/h6-11H,4-5H2,1-3H3,(H,19,22). The first-order chi connectivity index (χ1) is 13.7. The third-order valence-electron chi connectivity index (χ3n) is 4.54. The Morgan fingerprint density at radius 3 is 2.31 bits per heavy atom. The maximum atomic E-state index is 13.3.